The number of ether oxygens (including phenoxy) is 1. The first-order valence-corrected chi connectivity index (χ1v) is 7.80. The SMILES string of the molecule is Cc1ccccc1NC(=O)N1CCC(Oc2cc(C#N)ccn2)C1. The summed E-state index contributed by atoms with van der Waals surface area (Å²) in [5.41, 5.74) is 2.35. The van der Waals surface area contributed by atoms with E-state index in [0.717, 1.165) is 17.7 Å². The van der Waals surface area contributed by atoms with Gasteiger partial charge in [-0.25, -0.2) is 9.78 Å². The molecule has 2 heterocycles. The molecule has 1 atom stereocenters. The second-order valence-corrected chi connectivity index (χ2v) is 5.71. The van der Waals surface area contributed by atoms with Crippen molar-refractivity contribution in [2.75, 3.05) is 18.4 Å². The van der Waals surface area contributed by atoms with E-state index in [4.69, 9.17) is 10.00 Å². The summed E-state index contributed by atoms with van der Waals surface area (Å²) in [6, 6.07) is 12.8. The molecule has 0 spiro atoms. The summed E-state index contributed by atoms with van der Waals surface area (Å²) in [7, 11) is 0. The van der Waals surface area contributed by atoms with Crippen molar-refractivity contribution in [2.24, 2.45) is 0 Å². The van der Waals surface area contributed by atoms with E-state index in [0.29, 0.717) is 24.5 Å². The Morgan fingerprint density at radius 3 is 3.04 bits per heavy atom. The van der Waals surface area contributed by atoms with Crippen LogP contribution in [0.2, 0.25) is 0 Å². The molecule has 1 aliphatic heterocycles. The molecule has 1 fully saturated rings. The van der Waals surface area contributed by atoms with Gasteiger partial charge in [0.05, 0.1) is 18.2 Å². The van der Waals surface area contributed by atoms with Gasteiger partial charge in [-0.3, -0.25) is 0 Å². The molecule has 2 amide bonds. The van der Waals surface area contributed by atoms with Crippen LogP contribution in [-0.4, -0.2) is 35.1 Å². The van der Waals surface area contributed by atoms with Gasteiger partial charge in [-0.2, -0.15) is 5.26 Å². The average molecular weight is 322 g/mol. The Bertz CT molecular complexity index is 785. The van der Waals surface area contributed by atoms with Crippen molar-refractivity contribution in [1.82, 2.24) is 9.88 Å². The summed E-state index contributed by atoms with van der Waals surface area (Å²) in [6.45, 7) is 3.08. The first kappa shape index (κ1) is 15.8. The van der Waals surface area contributed by atoms with E-state index in [1.165, 1.54) is 0 Å². The predicted molar refractivity (Wildman–Crippen MR) is 89.8 cm³/mol. The molecule has 6 heteroatoms. The zero-order valence-corrected chi connectivity index (χ0v) is 13.4. The third-order valence-electron chi connectivity index (χ3n) is 3.97. The van der Waals surface area contributed by atoms with Gasteiger partial charge in [0.25, 0.3) is 0 Å². The Hall–Kier alpha value is -3.07. The third kappa shape index (κ3) is 3.63. The van der Waals surface area contributed by atoms with E-state index in [1.807, 2.05) is 31.2 Å². The molecular weight excluding hydrogens is 304 g/mol. The molecule has 1 saturated heterocycles. The highest BCUT2D eigenvalue weighted by Crippen LogP contribution is 2.19. The number of pyridine rings is 1. The van der Waals surface area contributed by atoms with E-state index in [1.54, 1.807) is 23.2 Å². The van der Waals surface area contributed by atoms with Gasteiger partial charge in [-0.05, 0) is 24.6 Å². The lowest BCUT2D eigenvalue weighted by atomic mass is 10.2. The van der Waals surface area contributed by atoms with Crippen molar-refractivity contribution in [3.63, 3.8) is 0 Å². The van der Waals surface area contributed by atoms with Gasteiger partial charge in [-0.15, -0.1) is 0 Å². The van der Waals surface area contributed by atoms with Crippen molar-refractivity contribution in [1.29, 1.82) is 5.26 Å². The van der Waals surface area contributed by atoms with Gasteiger partial charge >= 0.3 is 6.03 Å². The zero-order chi connectivity index (χ0) is 16.9. The highest BCUT2D eigenvalue weighted by molar-refractivity contribution is 5.90. The van der Waals surface area contributed by atoms with E-state index in [2.05, 4.69) is 16.4 Å². The first-order valence-electron chi connectivity index (χ1n) is 7.80. The number of para-hydroxylation sites is 1. The maximum absolute atomic E-state index is 12.4. The molecule has 1 aromatic heterocycles. The second-order valence-electron chi connectivity index (χ2n) is 5.71. The predicted octanol–water partition coefficient (Wildman–Crippen LogP) is 2.95. The fraction of sp³-hybridized carbons (Fsp3) is 0.278. The summed E-state index contributed by atoms with van der Waals surface area (Å²) in [5.74, 6) is 0.417. The number of likely N-dealkylation sites (tertiary alicyclic amines) is 1. The van der Waals surface area contributed by atoms with Gasteiger partial charge in [0.15, 0.2) is 0 Å². The zero-order valence-electron chi connectivity index (χ0n) is 13.4. The molecule has 0 radical (unpaired) electrons. The maximum atomic E-state index is 12.4. The van der Waals surface area contributed by atoms with Crippen molar-refractivity contribution >= 4 is 11.7 Å². The number of benzene rings is 1. The standard InChI is InChI=1S/C18H18N4O2/c1-13-4-2-3-5-16(13)21-18(23)22-9-7-15(12-22)24-17-10-14(11-19)6-8-20-17/h2-6,8,10,15H,7,9,12H2,1H3,(H,21,23). The van der Waals surface area contributed by atoms with Crippen LogP contribution in [0.4, 0.5) is 10.5 Å². The summed E-state index contributed by atoms with van der Waals surface area (Å²) in [5, 5.41) is 11.8. The van der Waals surface area contributed by atoms with Crippen LogP contribution < -0.4 is 10.1 Å². The van der Waals surface area contributed by atoms with E-state index < -0.39 is 0 Å². The van der Waals surface area contributed by atoms with Crippen LogP contribution in [0.3, 0.4) is 0 Å². The van der Waals surface area contributed by atoms with E-state index in [9.17, 15) is 4.79 Å². The quantitative estimate of drug-likeness (QED) is 0.942. The van der Waals surface area contributed by atoms with Gasteiger partial charge < -0.3 is 15.0 Å². The summed E-state index contributed by atoms with van der Waals surface area (Å²) < 4.78 is 5.79. The van der Waals surface area contributed by atoms with E-state index in [-0.39, 0.29) is 12.1 Å². The highest BCUT2D eigenvalue weighted by atomic mass is 16.5. The molecule has 122 valence electrons. The number of aryl methyl sites for hydroxylation is 1. The molecule has 3 rings (SSSR count). The highest BCUT2D eigenvalue weighted by Gasteiger charge is 2.28. The molecule has 0 bridgehead atoms. The van der Waals surface area contributed by atoms with Crippen molar-refractivity contribution in [2.45, 2.75) is 19.4 Å². The monoisotopic (exact) mass is 322 g/mol. The largest absolute Gasteiger partial charge is 0.472 e. The molecule has 6 nitrogen and oxygen atoms in total. The minimum atomic E-state index is -0.130. The number of amides is 2. The topological polar surface area (TPSA) is 78.3 Å². The van der Waals surface area contributed by atoms with Crippen LogP contribution in [0.1, 0.15) is 17.5 Å². The Balaban J connectivity index is 1.58. The number of anilines is 1. The van der Waals surface area contributed by atoms with Crippen LogP contribution in [0.15, 0.2) is 42.6 Å². The molecule has 0 saturated carbocycles. The van der Waals surface area contributed by atoms with Crippen LogP contribution in [0, 0.1) is 18.3 Å². The van der Waals surface area contributed by atoms with Crippen molar-refractivity contribution in [3.8, 4) is 11.9 Å². The number of nitrogens with zero attached hydrogens (tertiary/aromatic N) is 3. The second kappa shape index (κ2) is 7.01. The number of carbonyl (C=O) groups excluding carboxylic acids is 1. The minimum absolute atomic E-state index is 0.117. The molecule has 1 aliphatic rings. The fourth-order valence-electron chi connectivity index (χ4n) is 2.63. The Morgan fingerprint density at radius 1 is 1.42 bits per heavy atom. The number of nitrogens with one attached hydrogen (secondary N) is 1. The molecular formula is C18H18N4O2. The van der Waals surface area contributed by atoms with Crippen LogP contribution in [-0.2, 0) is 0 Å². The minimum Gasteiger partial charge on any atom is -0.472 e. The molecule has 24 heavy (non-hydrogen) atoms. The Morgan fingerprint density at radius 2 is 2.25 bits per heavy atom. The van der Waals surface area contributed by atoms with Crippen LogP contribution >= 0.6 is 0 Å². The van der Waals surface area contributed by atoms with Gasteiger partial charge in [0.1, 0.15) is 6.10 Å². The van der Waals surface area contributed by atoms with Crippen molar-refractivity contribution in [3.05, 3.63) is 53.7 Å². The van der Waals surface area contributed by atoms with Gasteiger partial charge in [-0.1, -0.05) is 18.2 Å². The number of carbonyl (C=O) groups is 1. The van der Waals surface area contributed by atoms with Crippen LogP contribution in [0.5, 0.6) is 5.88 Å². The van der Waals surface area contributed by atoms with Gasteiger partial charge in [0, 0.05) is 30.9 Å². The smallest absolute Gasteiger partial charge is 0.321 e. The van der Waals surface area contributed by atoms with Crippen LogP contribution in [0.25, 0.3) is 0 Å². The number of hydrogen-bond donors (Lipinski definition) is 1. The molecule has 2 aromatic rings. The molecule has 1 aromatic carbocycles. The number of rotatable bonds is 3. The lowest BCUT2D eigenvalue weighted by Crippen LogP contribution is -2.34. The Kier molecular flexibility index (Phi) is 4.62. The maximum Gasteiger partial charge on any atom is 0.321 e. The average Bonchev–Trinajstić information content (AvgIpc) is 3.06. The summed E-state index contributed by atoms with van der Waals surface area (Å²) in [4.78, 5) is 18.2. The lowest BCUT2D eigenvalue weighted by molar-refractivity contribution is 0.190. The first-order chi connectivity index (χ1) is 11.7. The Labute approximate surface area is 140 Å². The summed E-state index contributed by atoms with van der Waals surface area (Å²) in [6.07, 6.45) is 2.17. The molecule has 1 unspecified atom stereocenters. The van der Waals surface area contributed by atoms with E-state index >= 15 is 0 Å². The molecule has 0 aliphatic carbocycles. The third-order valence-corrected chi connectivity index (χ3v) is 3.97. The number of nitriles is 1. The number of hydrogen-bond acceptors (Lipinski definition) is 4. The summed E-state index contributed by atoms with van der Waals surface area (Å²) >= 11 is 0. The van der Waals surface area contributed by atoms with Gasteiger partial charge in [0.2, 0.25) is 5.88 Å². The normalized spacial score (nSPS) is 16.5. The van der Waals surface area contributed by atoms with Crippen molar-refractivity contribution < 1.29 is 9.53 Å². The molecule has 1 N–H and O–H groups in total. The fourth-order valence-corrected chi connectivity index (χ4v) is 2.63. The number of aromatic nitrogens is 1. The lowest BCUT2D eigenvalue weighted by Gasteiger charge is -2.18. The number of urea groups is 1.